The summed E-state index contributed by atoms with van der Waals surface area (Å²) in [5, 5.41) is 4.47. The summed E-state index contributed by atoms with van der Waals surface area (Å²) in [6.07, 6.45) is 5.47. The van der Waals surface area contributed by atoms with Crippen LogP contribution in [-0.4, -0.2) is 21.9 Å². The van der Waals surface area contributed by atoms with E-state index >= 15 is 0 Å². The molecule has 0 saturated heterocycles. The van der Waals surface area contributed by atoms with Crippen LogP contribution in [0.1, 0.15) is 57.8 Å². The van der Waals surface area contributed by atoms with Gasteiger partial charge in [-0.1, -0.05) is 20.8 Å². The fourth-order valence-corrected chi connectivity index (χ4v) is 2.90. The topological polar surface area (TPSA) is 53.1 Å². The van der Waals surface area contributed by atoms with Crippen molar-refractivity contribution >= 4 is 0 Å². The zero-order valence-corrected chi connectivity index (χ0v) is 13.4. The van der Waals surface area contributed by atoms with E-state index in [9.17, 15) is 0 Å². The van der Waals surface area contributed by atoms with Crippen molar-refractivity contribution in [2.45, 2.75) is 65.1 Å². The third-order valence-electron chi connectivity index (χ3n) is 4.80. The Kier molecular flexibility index (Phi) is 4.55. The van der Waals surface area contributed by atoms with Crippen molar-refractivity contribution in [3.63, 3.8) is 0 Å². The highest BCUT2D eigenvalue weighted by molar-refractivity contribution is 5.09. The highest BCUT2D eigenvalue weighted by atomic mass is 16.5. The molecular formula is C16H29N3O. The van der Waals surface area contributed by atoms with Crippen LogP contribution in [0.15, 0.2) is 6.07 Å². The van der Waals surface area contributed by atoms with Gasteiger partial charge in [0.25, 0.3) is 0 Å². The van der Waals surface area contributed by atoms with Crippen LogP contribution in [0.5, 0.6) is 0 Å². The van der Waals surface area contributed by atoms with E-state index in [2.05, 4.69) is 31.9 Å². The summed E-state index contributed by atoms with van der Waals surface area (Å²) in [5.41, 5.74) is 8.58. The molecule has 0 bridgehead atoms. The molecule has 0 aromatic carbocycles. The van der Waals surface area contributed by atoms with Gasteiger partial charge in [-0.15, -0.1) is 0 Å². The smallest absolute Gasteiger partial charge is 0.0892 e. The largest absolute Gasteiger partial charge is 0.367 e. The lowest BCUT2D eigenvalue weighted by Gasteiger charge is -2.42. The maximum Gasteiger partial charge on any atom is 0.0892 e. The van der Waals surface area contributed by atoms with Gasteiger partial charge >= 0.3 is 0 Å². The Bertz CT molecular complexity index is 441. The summed E-state index contributed by atoms with van der Waals surface area (Å²) in [7, 11) is 1.98. The van der Waals surface area contributed by atoms with Crippen molar-refractivity contribution in [3.05, 3.63) is 17.5 Å². The molecule has 0 amide bonds. The van der Waals surface area contributed by atoms with Gasteiger partial charge in [-0.3, -0.25) is 4.68 Å². The van der Waals surface area contributed by atoms with Gasteiger partial charge in [-0.2, -0.15) is 5.10 Å². The maximum absolute atomic E-state index is 6.25. The zero-order valence-electron chi connectivity index (χ0n) is 13.4. The molecule has 114 valence electrons. The number of ether oxygens (including phenoxy) is 1. The van der Waals surface area contributed by atoms with E-state index in [1.807, 2.05) is 11.7 Å². The van der Waals surface area contributed by atoms with Crippen LogP contribution in [0.2, 0.25) is 0 Å². The van der Waals surface area contributed by atoms with E-state index in [0.29, 0.717) is 18.6 Å². The van der Waals surface area contributed by atoms with Crippen LogP contribution in [0.3, 0.4) is 0 Å². The summed E-state index contributed by atoms with van der Waals surface area (Å²) in [4.78, 5) is 0. The molecule has 1 aliphatic rings. The first-order valence-corrected chi connectivity index (χ1v) is 7.75. The molecule has 2 rings (SSSR count). The van der Waals surface area contributed by atoms with Gasteiger partial charge < -0.3 is 10.5 Å². The molecule has 1 aliphatic carbocycles. The second kappa shape index (κ2) is 5.86. The Morgan fingerprint density at radius 3 is 2.45 bits per heavy atom. The summed E-state index contributed by atoms with van der Waals surface area (Å²) in [6, 6.07) is 2.14. The molecule has 1 fully saturated rings. The Balaban J connectivity index is 1.99. The van der Waals surface area contributed by atoms with E-state index < -0.39 is 0 Å². The first kappa shape index (κ1) is 15.5. The van der Waals surface area contributed by atoms with E-state index in [-0.39, 0.29) is 5.60 Å². The van der Waals surface area contributed by atoms with Gasteiger partial charge in [0, 0.05) is 13.6 Å². The molecule has 1 aromatic rings. The number of aromatic nitrogens is 2. The number of rotatable bonds is 5. The third-order valence-corrected chi connectivity index (χ3v) is 4.80. The fraction of sp³-hybridized carbons (Fsp3) is 0.812. The molecule has 1 aromatic heterocycles. The van der Waals surface area contributed by atoms with Crippen LogP contribution in [0.25, 0.3) is 0 Å². The molecule has 0 aliphatic heterocycles. The molecule has 0 spiro atoms. The lowest BCUT2D eigenvalue weighted by atomic mass is 9.71. The Labute approximate surface area is 122 Å². The SMILES string of the molecule is CCc1cc(COC2(CN)CCC(C)(C)CC2)n(C)n1. The number of hydrogen-bond acceptors (Lipinski definition) is 3. The van der Waals surface area contributed by atoms with E-state index in [4.69, 9.17) is 10.5 Å². The monoisotopic (exact) mass is 279 g/mol. The van der Waals surface area contributed by atoms with Crippen LogP contribution in [-0.2, 0) is 24.8 Å². The Hall–Kier alpha value is -0.870. The molecule has 1 heterocycles. The first-order valence-electron chi connectivity index (χ1n) is 7.75. The average Bonchev–Trinajstić information content (AvgIpc) is 2.79. The van der Waals surface area contributed by atoms with Crippen molar-refractivity contribution in [3.8, 4) is 0 Å². The quantitative estimate of drug-likeness (QED) is 0.901. The van der Waals surface area contributed by atoms with Crippen LogP contribution < -0.4 is 5.73 Å². The minimum Gasteiger partial charge on any atom is -0.367 e. The molecule has 0 radical (unpaired) electrons. The molecule has 4 heteroatoms. The van der Waals surface area contributed by atoms with Gasteiger partial charge in [0.05, 0.1) is 23.6 Å². The highest BCUT2D eigenvalue weighted by Gasteiger charge is 2.38. The normalized spacial score (nSPS) is 21.1. The predicted octanol–water partition coefficient (Wildman–Crippen LogP) is 2.80. The van der Waals surface area contributed by atoms with Crippen molar-refractivity contribution in [1.82, 2.24) is 9.78 Å². The van der Waals surface area contributed by atoms with Crippen molar-refractivity contribution in [2.24, 2.45) is 18.2 Å². The molecule has 1 saturated carbocycles. The summed E-state index contributed by atoms with van der Waals surface area (Å²) in [6.45, 7) is 8.02. The average molecular weight is 279 g/mol. The van der Waals surface area contributed by atoms with Gasteiger partial charge in [-0.25, -0.2) is 0 Å². The Morgan fingerprint density at radius 2 is 1.95 bits per heavy atom. The summed E-state index contributed by atoms with van der Waals surface area (Å²) >= 11 is 0. The standard InChI is InChI=1S/C16H29N3O/c1-5-13-10-14(19(4)18-13)11-20-16(12-17)8-6-15(2,3)7-9-16/h10H,5-9,11-12,17H2,1-4H3. The second-order valence-electron chi connectivity index (χ2n) is 6.94. The van der Waals surface area contributed by atoms with Crippen LogP contribution in [0, 0.1) is 5.41 Å². The lowest BCUT2D eigenvalue weighted by molar-refractivity contribution is -0.0920. The molecular weight excluding hydrogens is 250 g/mol. The van der Waals surface area contributed by atoms with Crippen LogP contribution in [0.4, 0.5) is 0 Å². The predicted molar refractivity (Wildman–Crippen MR) is 81.4 cm³/mol. The molecule has 0 unspecified atom stereocenters. The zero-order chi connectivity index (χ0) is 14.8. The number of hydrogen-bond donors (Lipinski definition) is 1. The molecule has 4 nitrogen and oxygen atoms in total. The lowest BCUT2D eigenvalue weighted by Crippen LogP contribution is -2.45. The van der Waals surface area contributed by atoms with Crippen molar-refractivity contribution in [1.29, 1.82) is 0 Å². The van der Waals surface area contributed by atoms with Crippen molar-refractivity contribution in [2.75, 3.05) is 6.54 Å². The minimum atomic E-state index is -0.133. The number of nitrogens with zero attached hydrogens (tertiary/aromatic N) is 2. The highest BCUT2D eigenvalue weighted by Crippen LogP contribution is 2.41. The number of aryl methyl sites for hydroxylation is 2. The number of nitrogens with two attached hydrogens (primary N) is 1. The van der Waals surface area contributed by atoms with Gasteiger partial charge in [0.15, 0.2) is 0 Å². The van der Waals surface area contributed by atoms with Crippen LogP contribution >= 0.6 is 0 Å². The second-order valence-corrected chi connectivity index (χ2v) is 6.94. The third kappa shape index (κ3) is 3.41. The van der Waals surface area contributed by atoms with E-state index in [1.54, 1.807) is 0 Å². The molecule has 20 heavy (non-hydrogen) atoms. The summed E-state index contributed by atoms with van der Waals surface area (Å²) in [5.74, 6) is 0. The fourth-order valence-electron chi connectivity index (χ4n) is 2.90. The van der Waals surface area contributed by atoms with Gasteiger partial charge in [0.2, 0.25) is 0 Å². The first-order chi connectivity index (χ1) is 9.40. The van der Waals surface area contributed by atoms with Gasteiger partial charge in [-0.05, 0) is 43.6 Å². The Morgan fingerprint density at radius 1 is 1.30 bits per heavy atom. The molecule has 0 atom stereocenters. The van der Waals surface area contributed by atoms with E-state index in [0.717, 1.165) is 30.7 Å². The maximum atomic E-state index is 6.25. The minimum absolute atomic E-state index is 0.133. The van der Waals surface area contributed by atoms with E-state index in [1.165, 1.54) is 12.8 Å². The summed E-state index contributed by atoms with van der Waals surface area (Å²) < 4.78 is 8.18. The van der Waals surface area contributed by atoms with Crippen molar-refractivity contribution < 1.29 is 4.74 Å². The molecule has 2 N–H and O–H groups in total. The van der Waals surface area contributed by atoms with Gasteiger partial charge in [0.1, 0.15) is 0 Å².